The summed E-state index contributed by atoms with van der Waals surface area (Å²) >= 11 is 0. The van der Waals surface area contributed by atoms with Gasteiger partial charge in [-0.05, 0) is 25.3 Å². The smallest absolute Gasteiger partial charge is 0.132 e. The van der Waals surface area contributed by atoms with Gasteiger partial charge in [-0.3, -0.25) is 0 Å². The molecule has 1 atom stereocenters. The van der Waals surface area contributed by atoms with E-state index in [1.807, 2.05) is 0 Å². The van der Waals surface area contributed by atoms with E-state index in [4.69, 9.17) is 0 Å². The van der Waals surface area contributed by atoms with Crippen LogP contribution in [0.2, 0.25) is 0 Å². The number of nitrogens with zero attached hydrogens (tertiary/aromatic N) is 2. The zero-order valence-electron chi connectivity index (χ0n) is 8.19. The monoisotopic (exact) mass is 186 g/mol. The third-order valence-corrected chi connectivity index (χ3v) is 3.08. The molecule has 0 radical (unpaired) electrons. The minimum Gasteiger partial charge on any atom is -0.327 e. The van der Waals surface area contributed by atoms with E-state index >= 15 is 0 Å². The van der Waals surface area contributed by atoms with Gasteiger partial charge in [-0.1, -0.05) is 18.2 Å². The van der Waals surface area contributed by atoms with Crippen molar-refractivity contribution in [1.82, 2.24) is 9.55 Å². The maximum absolute atomic E-state index is 4.66. The molecule has 2 aliphatic rings. The Morgan fingerprint density at radius 3 is 3.07 bits per heavy atom. The lowest BCUT2D eigenvalue weighted by Crippen LogP contribution is -2.01. The standard InChI is InChI=1S/C12H14N2/c1-2-5-10(6-3-1)11-9-14-8-4-7-12(14)13-11/h1-2,4,7,9-10H,3,5-6,8H2/t10-/m1/s1. The molecule has 0 aromatic carbocycles. The van der Waals surface area contributed by atoms with Crippen LogP contribution in [0, 0.1) is 0 Å². The second-order valence-electron chi connectivity index (χ2n) is 4.06. The van der Waals surface area contributed by atoms with E-state index in [0.717, 1.165) is 12.4 Å². The number of hydrogen-bond donors (Lipinski definition) is 0. The van der Waals surface area contributed by atoms with Gasteiger partial charge in [-0.2, -0.15) is 0 Å². The molecule has 0 fully saturated rings. The van der Waals surface area contributed by atoms with Gasteiger partial charge in [0.25, 0.3) is 0 Å². The summed E-state index contributed by atoms with van der Waals surface area (Å²) < 4.78 is 2.23. The largest absolute Gasteiger partial charge is 0.327 e. The summed E-state index contributed by atoms with van der Waals surface area (Å²) in [5, 5.41) is 0. The summed E-state index contributed by atoms with van der Waals surface area (Å²) in [4.78, 5) is 4.66. The van der Waals surface area contributed by atoms with Crippen molar-refractivity contribution in [2.24, 2.45) is 0 Å². The number of aromatic nitrogens is 2. The van der Waals surface area contributed by atoms with Crippen molar-refractivity contribution in [3.63, 3.8) is 0 Å². The molecule has 0 bridgehead atoms. The average molecular weight is 186 g/mol. The van der Waals surface area contributed by atoms with Crippen LogP contribution in [0.25, 0.3) is 6.08 Å². The van der Waals surface area contributed by atoms with Crippen molar-refractivity contribution in [1.29, 1.82) is 0 Å². The van der Waals surface area contributed by atoms with Crippen LogP contribution in [0.4, 0.5) is 0 Å². The van der Waals surface area contributed by atoms with E-state index in [9.17, 15) is 0 Å². The minimum absolute atomic E-state index is 0.659. The number of rotatable bonds is 1. The molecule has 0 N–H and O–H groups in total. The van der Waals surface area contributed by atoms with Crippen LogP contribution in [0.5, 0.6) is 0 Å². The van der Waals surface area contributed by atoms with E-state index in [1.54, 1.807) is 0 Å². The van der Waals surface area contributed by atoms with Crippen molar-refractivity contribution in [3.8, 4) is 0 Å². The first-order valence-corrected chi connectivity index (χ1v) is 5.32. The Morgan fingerprint density at radius 1 is 1.29 bits per heavy atom. The van der Waals surface area contributed by atoms with E-state index in [-0.39, 0.29) is 0 Å². The van der Waals surface area contributed by atoms with Crippen LogP contribution < -0.4 is 0 Å². The molecule has 0 unspecified atom stereocenters. The molecule has 0 amide bonds. The lowest BCUT2D eigenvalue weighted by Gasteiger charge is -2.14. The normalized spacial score (nSPS) is 24.1. The molecule has 3 rings (SSSR count). The number of hydrogen-bond acceptors (Lipinski definition) is 1. The summed E-state index contributed by atoms with van der Waals surface area (Å²) in [7, 11) is 0. The molecule has 0 spiro atoms. The van der Waals surface area contributed by atoms with Gasteiger partial charge in [0, 0.05) is 18.7 Å². The second kappa shape index (κ2) is 3.12. The van der Waals surface area contributed by atoms with Gasteiger partial charge in [0.1, 0.15) is 5.82 Å². The summed E-state index contributed by atoms with van der Waals surface area (Å²) in [6.45, 7) is 1.00. The highest BCUT2D eigenvalue weighted by atomic mass is 15.1. The maximum Gasteiger partial charge on any atom is 0.132 e. The fourth-order valence-corrected chi connectivity index (χ4v) is 2.26. The first kappa shape index (κ1) is 8.04. The van der Waals surface area contributed by atoms with Gasteiger partial charge in [0.2, 0.25) is 0 Å². The minimum atomic E-state index is 0.659. The van der Waals surface area contributed by atoms with E-state index in [1.165, 1.54) is 25.0 Å². The van der Waals surface area contributed by atoms with Crippen molar-refractivity contribution < 1.29 is 0 Å². The molecule has 1 aromatic heterocycles. The third kappa shape index (κ3) is 1.22. The zero-order valence-corrected chi connectivity index (χ0v) is 8.19. The predicted octanol–water partition coefficient (Wildman–Crippen LogP) is 2.73. The first-order chi connectivity index (χ1) is 6.93. The predicted molar refractivity (Wildman–Crippen MR) is 57.0 cm³/mol. The van der Waals surface area contributed by atoms with E-state index < -0.39 is 0 Å². The average Bonchev–Trinajstić information content (AvgIpc) is 2.78. The van der Waals surface area contributed by atoms with Crippen molar-refractivity contribution in [2.75, 3.05) is 0 Å². The van der Waals surface area contributed by atoms with Gasteiger partial charge < -0.3 is 4.57 Å². The summed E-state index contributed by atoms with van der Waals surface area (Å²) in [5.74, 6) is 1.79. The number of fused-ring (bicyclic) bond motifs is 1. The highest BCUT2D eigenvalue weighted by Gasteiger charge is 2.17. The topological polar surface area (TPSA) is 17.8 Å². The lowest BCUT2D eigenvalue weighted by atomic mass is 9.92. The molecule has 1 aliphatic carbocycles. The van der Waals surface area contributed by atoms with Crippen molar-refractivity contribution in [2.45, 2.75) is 31.7 Å². The molecule has 2 heteroatoms. The Kier molecular flexibility index (Phi) is 1.79. The second-order valence-corrected chi connectivity index (χ2v) is 4.06. The molecule has 14 heavy (non-hydrogen) atoms. The summed E-state index contributed by atoms with van der Waals surface area (Å²) in [6.07, 6.45) is 14.7. The molecule has 1 aromatic rings. The summed E-state index contributed by atoms with van der Waals surface area (Å²) in [5.41, 5.74) is 1.29. The van der Waals surface area contributed by atoms with Gasteiger partial charge in [-0.25, -0.2) is 4.98 Å². The van der Waals surface area contributed by atoms with Gasteiger partial charge in [0.05, 0.1) is 5.69 Å². The highest BCUT2D eigenvalue weighted by Crippen LogP contribution is 2.29. The van der Waals surface area contributed by atoms with Crippen LogP contribution in [0.3, 0.4) is 0 Å². The number of imidazole rings is 1. The molecule has 2 heterocycles. The van der Waals surface area contributed by atoms with Crippen LogP contribution in [0.15, 0.2) is 24.4 Å². The Morgan fingerprint density at radius 2 is 2.29 bits per heavy atom. The van der Waals surface area contributed by atoms with Gasteiger partial charge in [0.15, 0.2) is 0 Å². The van der Waals surface area contributed by atoms with Crippen molar-refractivity contribution >= 4 is 6.08 Å². The lowest BCUT2D eigenvalue weighted by molar-refractivity contribution is 0.602. The molecule has 2 nitrogen and oxygen atoms in total. The first-order valence-electron chi connectivity index (χ1n) is 5.32. The summed E-state index contributed by atoms with van der Waals surface area (Å²) in [6, 6.07) is 0. The van der Waals surface area contributed by atoms with Crippen molar-refractivity contribution in [3.05, 3.63) is 35.9 Å². The third-order valence-electron chi connectivity index (χ3n) is 3.08. The molecular formula is C12H14N2. The number of allylic oxidation sites excluding steroid dienone is 3. The fraction of sp³-hybridized carbons (Fsp3) is 0.417. The Labute approximate surface area is 84.0 Å². The Bertz CT molecular complexity index is 398. The zero-order chi connectivity index (χ0) is 9.38. The molecule has 0 saturated heterocycles. The molecular weight excluding hydrogens is 172 g/mol. The molecule has 72 valence electrons. The van der Waals surface area contributed by atoms with Gasteiger partial charge in [-0.15, -0.1) is 0 Å². The Balaban J connectivity index is 1.89. The quantitative estimate of drug-likeness (QED) is 0.617. The van der Waals surface area contributed by atoms with Gasteiger partial charge >= 0.3 is 0 Å². The maximum atomic E-state index is 4.66. The molecule has 0 saturated carbocycles. The molecule has 1 aliphatic heterocycles. The van der Waals surface area contributed by atoms with E-state index in [0.29, 0.717) is 5.92 Å². The van der Waals surface area contributed by atoms with Crippen LogP contribution in [-0.2, 0) is 6.54 Å². The van der Waals surface area contributed by atoms with Crippen LogP contribution in [-0.4, -0.2) is 9.55 Å². The fourth-order valence-electron chi connectivity index (χ4n) is 2.26. The van der Waals surface area contributed by atoms with Crippen LogP contribution in [0.1, 0.15) is 36.7 Å². The highest BCUT2D eigenvalue weighted by molar-refractivity contribution is 5.45. The SMILES string of the molecule is C1=CC[C@@H](c2cn3c(n2)C=CC3)CC1. The van der Waals surface area contributed by atoms with Crippen LogP contribution >= 0.6 is 0 Å². The van der Waals surface area contributed by atoms with E-state index in [2.05, 4.69) is 40.1 Å². The Hall–Kier alpha value is -1.31.